The van der Waals surface area contributed by atoms with Crippen molar-refractivity contribution in [2.75, 3.05) is 13.1 Å². The number of carbonyl (C=O) groups is 1. The molecule has 19 heavy (non-hydrogen) atoms. The van der Waals surface area contributed by atoms with Gasteiger partial charge in [-0.1, -0.05) is 20.8 Å². The molecule has 0 radical (unpaired) electrons. The molecule has 106 valence electrons. The van der Waals surface area contributed by atoms with Gasteiger partial charge in [0.1, 0.15) is 0 Å². The van der Waals surface area contributed by atoms with Crippen LogP contribution in [0.3, 0.4) is 0 Å². The van der Waals surface area contributed by atoms with Gasteiger partial charge in [-0.05, 0) is 5.41 Å². The standard InChI is InChI=1S/C13H22N4O2/c1-13(2,3)11-10(8-16-6-4-14-9-16)15-5-7-17(11)12(18)19/h4,6,9-11,15H,5,7-8H2,1-3H3,(H,18,19). The summed E-state index contributed by atoms with van der Waals surface area (Å²) in [5.41, 5.74) is -0.114. The van der Waals surface area contributed by atoms with E-state index in [-0.39, 0.29) is 17.5 Å². The van der Waals surface area contributed by atoms with Gasteiger partial charge in [-0.2, -0.15) is 0 Å². The Balaban J connectivity index is 2.21. The first-order valence-electron chi connectivity index (χ1n) is 6.58. The molecule has 6 heteroatoms. The van der Waals surface area contributed by atoms with Crippen molar-refractivity contribution in [2.24, 2.45) is 5.41 Å². The fourth-order valence-corrected chi connectivity index (χ4v) is 2.91. The van der Waals surface area contributed by atoms with E-state index < -0.39 is 6.09 Å². The fraction of sp³-hybridized carbons (Fsp3) is 0.692. The van der Waals surface area contributed by atoms with Gasteiger partial charge in [-0.25, -0.2) is 9.78 Å². The maximum atomic E-state index is 11.4. The van der Waals surface area contributed by atoms with Gasteiger partial charge in [0.2, 0.25) is 0 Å². The molecule has 0 aromatic carbocycles. The molecule has 1 aromatic heterocycles. The average Bonchev–Trinajstić information content (AvgIpc) is 2.80. The van der Waals surface area contributed by atoms with Gasteiger partial charge in [0.25, 0.3) is 0 Å². The molecule has 2 N–H and O–H groups in total. The molecule has 1 aliphatic rings. The Morgan fingerprint density at radius 2 is 2.26 bits per heavy atom. The number of aromatic nitrogens is 2. The number of hydrogen-bond acceptors (Lipinski definition) is 3. The zero-order valence-corrected chi connectivity index (χ0v) is 11.7. The van der Waals surface area contributed by atoms with Crippen LogP contribution < -0.4 is 5.32 Å². The van der Waals surface area contributed by atoms with Crippen molar-refractivity contribution in [3.8, 4) is 0 Å². The van der Waals surface area contributed by atoms with Crippen LogP contribution in [0.4, 0.5) is 4.79 Å². The predicted octanol–water partition coefficient (Wildman–Crippen LogP) is 1.25. The van der Waals surface area contributed by atoms with Crippen LogP contribution in [-0.4, -0.2) is 50.8 Å². The zero-order chi connectivity index (χ0) is 14.0. The molecule has 0 aliphatic carbocycles. The van der Waals surface area contributed by atoms with Crippen LogP contribution in [0, 0.1) is 5.41 Å². The van der Waals surface area contributed by atoms with Crippen LogP contribution in [0.15, 0.2) is 18.7 Å². The number of nitrogens with zero attached hydrogens (tertiary/aromatic N) is 3. The summed E-state index contributed by atoms with van der Waals surface area (Å²) in [7, 11) is 0. The Morgan fingerprint density at radius 3 is 2.79 bits per heavy atom. The molecular formula is C13H22N4O2. The third-order valence-corrected chi connectivity index (χ3v) is 3.58. The van der Waals surface area contributed by atoms with Crippen molar-refractivity contribution < 1.29 is 9.90 Å². The second kappa shape index (κ2) is 5.21. The van der Waals surface area contributed by atoms with Gasteiger partial charge in [-0.3, -0.25) is 0 Å². The normalized spacial score (nSPS) is 24.5. The SMILES string of the molecule is CC(C)(C)C1C(Cn2ccnc2)NCCN1C(=O)O. The van der Waals surface area contributed by atoms with Gasteiger partial charge in [0, 0.05) is 38.1 Å². The second-order valence-corrected chi connectivity index (χ2v) is 6.11. The van der Waals surface area contributed by atoms with Crippen molar-refractivity contribution in [3.63, 3.8) is 0 Å². The van der Waals surface area contributed by atoms with E-state index in [0.29, 0.717) is 13.1 Å². The molecule has 2 atom stereocenters. The quantitative estimate of drug-likeness (QED) is 0.845. The number of hydrogen-bond donors (Lipinski definition) is 2. The van der Waals surface area contributed by atoms with E-state index in [0.717, 1.165) is 6.54 Å². The summed E-state index contributed by atoms with van der Waals surface area (Å²) < 4.78 is 1.99. The third-order valence-electron chi connectivity index (χ3n) is 3.58. The smallest absolute Gasteiger partial charge is 0.407 e. The van der Waals surface area contributed by atoms with E-state index in [9.17, 15) is 9.90 Å². The molecule has 2 heterocycles. The largest absolute Gasteiger partial charge is 0.465 e. The number of imidazole rings is 1. The van der Waals surface area contributed by atoms with Crippen molar-refractivity contribution in [3.05, 3.63) is 18.7 Å². The number of piperazine rings is 1. The summed E-state index contributed by atoms with van der Waals surface area (Å²) in [6.45, 7) is 8.21. The number of amides is 1. The van der Waals surface area contributed by atoms with E-state index in [2.05, 4.69) is 31.1 Å². The Bertz CT molecular complexity index is 424. The van der Waals surface area contributed by atoms with E-state index in [4.69, 9.17) is 0 Å². The van der Waals surface area contributed by atoms with E-state index >= 15 is 0 Å². The minimum Gasteiger partial charge on any atom is -0.465 e. The van der Waals surface area contributed by atoms with Gasteiger partial charge in [0.15, 0.2) is 0 Å². The van der Waals surface area contributed by atoms with E-state index in [1.807, 2.05) is 10.8 Å². The molecule has 0 spiro atoms. The highest BCUT2D eigenvalue weighted by Crippen LogP contribution is 2.29. The first kappa shape index (κ1) is 13.9. The van der Waals surface area contributed by atoms with Crippen molar-refractivity contribution in [1.82, 2.24) is 19.8 Å². The summed E-state index contributed by atoms with van der Waals surface area (Å²) in [5.74, 6) is 0. The van der Waals surface area contributed by atoms with Crippen LogP contribution >= 0.6 is 0 Å². The highest BCUT2D eigenvalue weighted by Gasteiger charge is 2.41. The number of rotatable bonds is 2. The van der Waals surface area contributed by atoms with Gasteiger partial charge < -0.3 is 19.9 Å². The molecule has 6 nitrogen and oxygen atoms in total. The van der Waals surface area contributed by atoms with E-state index in [1.165, 1.54) is 0 Å². The maximum Gasteiger partial charge on any atom is 0.407 e. The van der Waals surface area contributed by atoms with Crippen molar-refractivity contribution in [1.29, 1.82) is 0 Å². The van der Waals surface area contributed by atoms with Crippen molar-refractivity contribution >= 4 is 6.09 Å². The summed E-state index contributed by atoms with van der Waals surface area (Å²) in [4.78, 5) is 17.0. The van der Waals surface area contributed by atoms with Crippen LogP contribution in [0.1, 0.15) is 20.8 Å². The number of carboxylic acid groups (broad SMARTS) is 1. The van der Waals surface area contributed by atoms with Gasteiger partial charge in [0.05, 0.1) is 12.4 Å². The maximum absolute atomic E-state index is 11.4. The lowest BCUT2D eigenvalue weighted by molar-refractivity contribution is 0.0369. The van der Waals surface area contributed by atoms with Crippen LogP contribution in [0.2, 0.25) is 0 Å². The monoisotopic (exact) mass is 266 g/mol. The molecule has 0 saturated carbocycles. The third kappa shape index (κ3) is 3.07. The van der Waals surface area contributed by atoms with E-state index in [1.54, 1.807) is 17.4 Å². The highest BCUT2D eigenvalue weighted by molar-refractivity contribution is 5.66. The fourth-order valence-electron chi connectivity index (χ4n) is 2.91. The van der Waals surface area contributed by atoms with Gasteiger partial charge >= 0.3 is 6.09 Å². The molecule has 2 unspecified atom stereocenters. The van der Waals surface area contributed by atoms with Crippen LogP contribution in [-0.2, 0) is 6.54 Å². The molecule has 2 rings (SSSR count). The second-order valence-electron chi connectivity index (χ2n) is 6.11. The zero-order valence-electron chi connectivity index (χ0n) is 11.7. The molecule has 1 aromatic rings. The average molecular weight is 266 g/mol. The predicted molar refractivity (Wildman–Crippen MR) is 72.0 cm³/mol. The Labute approximate surface area is 113 Å². The number of nitrogens with one attached hydrogen (secondary N) is 1. The lowest BCUT2D eigenvalue weighted by atomic mass is 9.80. The van der Waals surface area contributed by atoms with Gasteiger partial charge in [-0.15, -0.1) is 0 Å². The minimum absolute atomic E-state index is 0.0545. The van der Waals surface area contributed by atoms with Crippen molar-refractivity contribution in [2.45, 2.75) is 39.4 Å². The first-order valence-corrected chi connectivity index (χ1v) is 6.58. The molecule has 0 bridgehead atoms. The first-order chi connectivity index (χ1) is 8.89. The molecular weight excluding hydrogens is 244 g/mol. The minimum atomic E-state index is -0.836. The summed E-state index contributed by atoms with van der Waals surface area (Å²) in [5, 5.41) is 12.8. The van der Waals surface area contributed by atoms with Crippen LogP contribution in [0.25, 0.3) is 0 Å². The Hall–Kier alpha value is -1.56. The topological polar surface area (TPSA) is 70.4 Å². The molecule has 1 saturated heterocycles. The molecule has 1 fully saturated rings. The summed E-state index contributed by atoms with van der Waals surface area (Å²) in [6.07, 6.45) is 4.57. The Kier molecular flexibility index (Phi) is 3.80. The Morgan fingerprint density at radius 1 is 1.53 bits per heavy atom. The summed E-state index contributed by atoms with van der Waals surface area (Å²) in [6, 6.07) is 0.0419. The lowest BCUT2D eigenvalue weighted by Crippen LogP contribution is -2.64. The van der Waals surface area contributed by atoms with Crippen LogP contribution in [0.5, 0.6) is 0 Å². The lowest BCUT2D eigenvalue weighted by Gasteiger charge is -2.47. The molecule has 1 aliphatic heterocycles. The molecule has 1 amide bonds. The summed E-state index contributed by atoms with van der Waals surface area (Å²) >= 11 is 0. The highest BCUT2D eigenvalue weighted by atomic mass is 16.4.